The van der Waals surface area contributed by atoms with Crippen molar-refractivity contribution in [2.24, 2.45) is 5.41 Å². The zero-order valence-corrected chi connectivity index (χ0v) is 17.2. The third kappa shape index (κ3) is 4.43. The van der Waals surface area contributed by atoms with Gasteiger partial charge in [0, 0.05) is 18.7 Å². The van der Waals surface area contributed by atoms with Gasteiger partial charge in [0.15, 0.2) is 0 Å². The van der Waals surface area contributed by atoms with Crippen LogP contribution in [0.5, 0.6) is 0 Å². The van der Waals surface area contributed by atoms with Gasteiger partial charge in [-0.3, -0.25) is 9.47 Å². The molecule has 0 saturated carbocycles. The van der Waals surface area contributed by atoms with Gasteiger partial charge in [0.05, 0.1) is 17.1 Å². The fourth-order valence-corrected chi connectivity index (χ4v) is 3.80. The SMILES string of the molecule is CC.CC1(CC#N)CCN(Cc2ccc(-n3cnc4ccccc43)cc2)CC1. The number of piperidine rings is 1. The highest BCUT2D eigenvalue weighted by Gasteiger charge is 2.29. The van der Waals surface area contributed by atoms with Gasteiger partial charge in [0.25, 0.3) is 0 Å². The topological polar surface area (TPSA) is 44.9 Å². The Bertz CT molecular complexity index is 925. The van der Waals surface area contributed by atoms with Crippen molar-refractivity contribution in [2.45, 2.75) is 46.6 Å². The summed E-state index contributed by atoms with van der Waals surface area (Å²) in [6.45, 7) is 9.38. The van der Waals surface area contributed by atoms with E-state index in [0.717, 1.165) is 49.2 Å². The summed E-state index contributed by atoms with van der Waals surface area (Å²) in [4.78, 5) is 6.97. The van der Waals surface area contributed by atoms with Gasteiger partial charge in [-0.05, 0) is 61.2 Å². The molecule has 4 heteroatoms. The average Bonchev–Trinajstić information content (AvgIpc) is 3.16. The van der Waals surface area contributed by atoms with E-state index in [1.165, 1.54) is 5.56 Å². The molecule has 28 heavy (non-hydrogen) atoms. The van der Waals surface area contributed by atoms with Crippen molar-refractivity contribution in [3.05, 3.63) is 60.4 Å². The number of nitrogens with zero attached hydrogens (tertiary/aromatic N) is 4. The molecule has 3 aromatic rings. The maximum Gasteiger partial charge on any atom is 0.100 e. The summed E-state index contributed by atoms with van der Waals surface area (Å²) >= 11 is 0. The summed E-state index contributed by atoms with van der Waals surface area (Å²) in [7, 11) is 0. The lowest BCUT2D eigenvalue weighted by molar-refractivity contribution is 0.116. The second-order valence-electron chi connectivity index (χ2n) is 7.69. The molecule has 2 aromatic carbocycles. The van der Waals surface area contributed by atoms with Crippen LogP contribution in [0.1, 0.15) is 45.6 Å². The number of hydrogen-bond acceptors (Lipinski definition) is 3. The Hall–Kier alpha value is -2.64. The molecule has 1 aliphatic heterocycles. The van der Waals surface area contributed by atoms with E-state index >= 15 is 0 Å². The number of nitriles is 1. The molecule has 0 radical (unpaired) electrons. The Balaban J connectivity index is 0.00000109. The molecular formula is C24H30N4. The van der Waals surface area contributed by atoms with Crippen LogP contribution in [0.2, 0.25) is 0 Å². The van der Waals surface area contributed by atoms with Gasteiger partial charge in [-0.25, -0.2) is 4.98 Å². The second kappa shape index (κ2) is 9.03. The summed E-state index contributed by atoms with van der Waals surface area (Å²) in [6.07, 6.45) is 4.79. The maximum atomic E-state index is 8.99. The zero-order chi connectivity index (χ0) is 20.0. The largest absolute Gasteiger partial charge is 0.299 e. The molecule has 1 saturated heterocycles. The zero-order valence-electron chi connectivity index (χ0n) is 17.2. The van der Waals surface area contributed by atoms with Gasteiger partial charge in [0.2, 0.25) is 0 Å². The predicted molar refractivity (Wildman–Crippen MR) is 115 cm³/mol. The fourth-order valence-electron chi connectivity index (χ4n) is 3.80. The molecule has 0 amide bonds. The molecule has 0 unspecified atom stereocenters. The standard InChI is InChI=1S/C22H24N4.C2H6/c1-22(10-13-23)11-14-25(15-12-22)16-18-6-8-19(9-7-18)26-17-24-20-4-2-3-5-21(20)26;1-2/h2-9,17H,10-12,14-16H2,1H3;1-2H3. The summed E-state index contributed by atoms with van der Waals surface area (Å²) < 4.78 is 2.13. The summed E-state index contributed by atoms with van der Waals surface area (Å²) in [5, 5.41) is 8.99. The van der Waals surface area contributed by atoms with Crippen molar-refractivity contribution in [1.29, 1.82) is 5.26 Å². The highest BCUT2D eigenvalue weighted by atomic mass is 15.1. The first-order valence-corrected chi connectivity index (χ1v) is 10.3. The van der Waals surface area contributed by atoms with Gasteiger partial charge in [-0.2, -0.15) is 5.26 Å². The van der Waals surface area contributed by atoms with E-state index in [0.29, 0.717) is 6.42 Å². The molecular weight excluding hydrogens is 344 g/mol. The number of aromatic nitrogens is 2. The molecule has 0 spiro atoms. The molecule has 0 atom stereocenters. The van der Waals surface area contributed by atoms with Crippen molar-refractivity contribution in [2.75, 3.05) is 13.1 Å². The van der Waals surface area contributed by atoms with Crippen LogP contribution >= 0.6 is 0 Å². The average molecular weight is 375 g/mol. The van der Waals surface area contributed by atoms with Crippen LogP contribution < -0.4 is 0 Å². The molecule has 1 fully saturated rings. The third-order valence-electron chi connectivity index (χ3n) is 5.64. The summed E-state index contributed by atoms with van der Waals surface area (Å²) in [6, 6.07) is 19.3. The Kier molecular flexibility index (Phi) is 6.49. The van der Waals surface area contributed by atoms with Crippen LogP contribution in [0.25, 0.3) is 16.7 Å². The number of hydrogen-bond donors (Lipinski definition) is 0. The second-order valence-corrected chi connectivity index (χ2v) is 7.69. The molecule has 146 valence electrons. The molecule has 4 rings (SSSR count). The molecule has 0 aliphatic carbocycles. The number of likely N-dealkylation sites (tertiary alicyclic amines) is 1. The monoisotopic (exact) mass is 374 g/mol. The van der Waals surface area contributed by atoms with Crippen molar-refractivity contribution in [1.82, 2.24) is 14.5 Å². The molecule has 1 aliphatic rings. The lowest BCUT2D eigenvalue weighted by Gasteiger charge is -2.38. The van der Waals surface area contributed by atoms with Crippen LogP contribution in [0, 0.1) is 16.7 Å². The minimum absolute atomic E-state index is 0.206. The van der Waals surface area contributed by atoms with Crippen LogP contribution in [0.3, 0.4) is 0 Å². The van der Waals surface area contributed by atoms with E-state index in [-0.39, 0.29) is 5.41 Å². The molecule has 2 heterocycles. The number of rotatable bonds is 4. The molecule has 1 aromatic heterocycles. The van der Waals surface area contributed by atoms with Crippen molar-refractivity contribution in [3.63, 3.8) is 0 Å². The highest BCUT2D eigenvalue weighted by molar-refractivity contribution is 5.77. The number of imidazole rings is 1. The minimum Gasteiger partial charge on any atom is -0.299 e. The van der Waals surface area contributed by atoms with Crippen LogP contribution in [-0.2, 0) is 6.54 Å². The van der Waals surface area contributed by atoms with Crippen LogP contribution in [-0.4, -0.2) is 27.5 Å². The first kappa shape index (κ1) is 20.1. The van der Waals surface area contributed by atoms with Gasteiger partial charge >= 0.3 is 0 Å². The Morgan fingerprint density at radius 1 is 1.04 bits per heavy atom. The first-order chi connectivity index (χ1) is 13.7. The Morgan fingerprint density at radius 3 is 2.39 bits per heavy atom. The van der Waals surface area contributed by atoms with E-state index in [2.05, 4.69) is 57.8 Å². The van der Waals surface area contributed by atoms with E-state index in [4.69, 9.17) is 5.26 Å². The van der Waals surface area contributed by atoms with Gasteiger partial charge in [0.1, 0.15) is 6.33 Å². The molecule has 0 N–H and O–H groups in total. The first-order valence-electron chi connectivity index (χ1n) is 10.3. The Morgan fingerprint density at radius 2 is 1.71 bits per heavy atom. The normalized spacial score (nSPS) is 16.2. The number of para-hydroxylation sites is 2. The minimum atomic E-state index is 0.206. The van der Waals surface area contributed by atoms with E-state index in [9.17, 15) is 0 Å². The smallest absolute Gasteiger partial charge is 0.100 e. The van der Waals surface area contributed by atoms with Crippen LogP contribution in [0.15, 0.2) is 54.9 Å². The predicted octanol–water partition coefficient (Wildman–Crippen LogP) is 5.57. The van der Waals surface area contributed by atoms with Crippen LogP contribution in [0.4, 0.5) is 0 Å². The van der Waals surface area contributed by atoms with E-state index in [1.807, 2.05) is 38.4 Å². The quantitative estimate of drug-likeness (QED) is 0.600. The lowest BCUT2D eigenvalue weighted by Crippen LogP contribution is -2.38. The van der Waals surface area contributed by atoms with Crippen molar-refractivity contribution < 1.29 is 0 Å². The van der Waals surface area contributed by atoms with Gasteiger partial charge < -0.3 is 0 Å². The maximum absolute atomic E-state index is 8.99. The number of fused-ring (bicyclic) bond motifs is 1. The Labute approximate surface area is 168 Å². The summed E-state index contributed by atoms with van der Waals surface area (Å²) in [5.41, 5.74) is 4.83. The molecule has 0 bridgehead atoms. The highest BCUT2D eigenvalue weighted by Crippen LogP contribution is 2.34. The van der Waals surface area contributed by atoms with Crippen molar-refractivity contribution in [3.8, 4) is 11.8 Å². The van der Waals surface area contributed by atoms with Gasteiger partial charge in [-0.15, -0.1) is 0 Å². The number of benzene rings is 2. The molecule has 4 nitrogen and oxygen atoms in total. The fraction of sp³-hybridized carbons (Fsp3) is 0.417. The van der Waals surface area contributed by atoms with Gasteiger partial charge in [-0.1, -0.05) is 45.0 Å². The van der Waals surface area contributed by atoms with E-state index in [1.54, 1.807) is 0 Å². The van der Waals surface area contributed by atoms with Crippen molar-refractivity contribution >= 4 is 11.0 Å². The lowest BCUT2D eigenvalue weighted by atomic mass is 9.78. The van der Waals surface area contributed by atoms with E-state index < -0.39 is 0 Å². The summed E-state index contributed by atoms with van der Waals surface area (Å²) in [5.74, 6) is 0. The third-order valence-corrected chi connectivity index (χ3v) is 5.64.